The molecule has 0 aliphatic heterocycles. The molecule has 1 atom stereocenters. The number of fused-ring (bicyclic) bond motifs is 1. The van der Waals surface area contributed by atoms with Gasteiger partial charge in [0.2, 0.25) is 0 Å². The summed E-state index contributed by atoms with van der Waals surface area (Å²) in [5.74, 6) is 0. The van der Waals surface area contributed by atoms with Crippen LogP contribution in [-0.4, -0.2) is 30.4 Å². The number of hydrogen-bond acceptors (Lipinski definition) is 7. The highest BCUT2D eigenvalue weighted by molar-refractivity contribution is 7.94. The van der Waals surface area contributed by atoms with Crippen molar-refractivity contribution < 1.29 is 8.42 Å². The molecule has 0 amide bonds. The fourth-order valence-corrected chi connectivity index (χ4v) is 6.90. The van der Waals surface area contributed by atoms with Gasteiger partial charge in [0.15, 0.2) is 0 Å². The molecule has 2 N–H and O–H groups in total. The van der Waals surface area contributed by atoms with E-state index in [2.05, 4.69) is 27.2 Å². The molecule has 7 nitrogen and oxygen atoms in total. The van der Waals surface area contributed by atoms with Crippen LogP contribution in [0.3, 0.4) is 0 Å². The van der Waals surface area contributed by atoms with E-state index in [9.17, 15) is 8.42 Å². The first kappa shape index (κ1) is 22.7. The van der Waals surface area contributed by atoms with E-state index >= 15 is 0 Å². The molecule has 4 heterocycles. The number of benzene rings is 1. The van der Waals surface area contributed by atoms with Crippen molar-refractivity contribution in [1.82, 2.24) is 20.3 Å². The van der Waals surface area contributed by atoms with Crippen LogP contribution in [0, 0.1) is 0 Å². The standard InChI is InChI=1S/C24H23N5O2S3/c1-16(19-8-3-4-11-25-19)26-14-18-15-27-24(33-18)20-13-17-7-5-9-21(23(17)28-20)29(2)34(30,31)22-10-6-12-32-22/h3-13,15-16,26,28H,14H2,1-2H3. The molecule has 0 spiro atoms. The molecule has 1 aromatic carbocycles. The van der Waals surface area contributed by atoms with Crippen molar-refractivity contribution in [1.29, 1.82) is 0 Å². The SMILES string of the molecule is CC(NCc1cnc(-c2cc3cccc(N(C)S(=O)(=O)c4cccs4)c3[nH]2)s1)c1ccccn1. The summed E-state index contributed by atoms with van der Waals surface area (Å²) in [4.78, 5) is 13.5. The maximum Gasteiger partial charge on any atom is 0.273 e. The number of aromatic nitrogens is 3. The second-order valence-corrected chi connectivity index (χ2v) is 12.1. The molecule has 0 bridgehead atoms. The Hall–Kier alpha value is -3.05. The molecule has 0 aliphatic rings. The van der Waals surface area contributed by atoms with E-state index in [1.807, 2.05) is 48.7 Å². The van der Waals surface area contributed by atoms with Crippen LogP contribution in [0.5, 0.6) is 0 Å². The number of anilines is 1. The van der Waals surface area contributed by atoms with Gasteiger partial charge in [0.05, 0.1) is 22.6 Å². The van der Waals surface area contributed by atoms with Gasteiger partial charge in [-0.2, -0.15) is 0 Å². The molecule has 0 radical (unpaired) electrons. The first-order valence-electron chi connectivity index (χ1n) is 10.7. The van der Waals surface area contributed by atoms with Crippen LogP contribution in [0.25, 0.3) is 21.6 Å². The molecule has 5 aromatic rings. The van der Waals surface area contributed by atoms with Gasteiger partial charge >= 0.3 is 0 Å². The van der Waals surface area contributed by atoms with Crippen molar-refractivity contribution in [3.63, 3.8) is 0 Å². The van der Waals surface area contributed by atoms with Crippen molar-refractivity contribution >= 4 is 49.3 Å². The maximum atomic E-state index is 13.0. The number of nitrogens with zero attached hydrogens (tertiary/aromatic N) is 3. The quantitative estimate of drug-likeness (QED) is 0.291. The van der Waals surface area contributed by atoms with Crippen LogP contribution in [0.4, 0.5) is 5.69 Å². The minimum Gasteiger partial charge on any atom is -0.351 e. The lowest BCUT2D eigenvalue weighted by molar-refractivity contribution is 0.565. The molecule has 4 aromatic heterocycles. The molecule has 10 heteroatoms. The van der Waals surface area contributed by atoms with E-state index in [1.165, 1.54) is 15.6 Å². The van der Waals surface area contributed by atoms with Gasteiger partial charge in [0, 0.05) is 42.3 Å². The molecule has 0 saturated carbocycles. The first-order chi connectivity index (χ1) is 16.4. The van der Waals surface area contributed by atoms with E-state index in [-0.39, 0.29) is 6.04 Å². The second kappa shape index (κ2) is 9.30. The monoisotopic (exact) mass is 509 g/mol. The molecule has 34 heavy (non-hydrogen) atoms. The van der Waals surface area contributed by atoms with E-state index in [4.69, 9.17) is 0 Å². The van der Waals surface area contributed by atoms with Gasteiger partial charge in [0.1, 0.15) is 9.22 Å². The fourth-order valence-electron chi connectivity index (χ4n) is 3.70. The molecular formula is C24H23N5O2S3. The topological polar surface area (TPSA) is 91.0 Å². The highest BCUT2D eigenvalue weighted by Crippen LogP contribution is 2.34. The Bertz CT molecular complexity index is 1510. The number of hydrogen-bond donors (Lipinski definition) is 2. The fraction of sp³-hybridized carbons (Fsp3) is 0.167. The third kappa shape index (κ3) is 4.37. The molecule has 1 unspecified atom stereocenters. The molecule has 5 rings (SSSR count). The summed E-state index contributed by atoms with van der Waals surface area (Å²) >= 11 is 2.81. The Kier molecular flexibility index (Phi) is 6.22. The molecule has 174 valence electrons. The van der Waals surface area contributed by atoms with Gasteiger partial charge in [-0.1, -0.05) is 24.3 Å². The summed E-state index contributed by atoms with van der Waals surface area (Å²) in [6, 6.07) is 17.0. The Morgan fingerprint density at radius 3 is 2.76 bits per heavy atom. The summed E-state index contributed by atoms with van der Waals surface area (Å²) in [5, 5.41) is 7.03. The summed E-state index contributed by atoms with van der Waals surface area (Å²) in [6.45, 7) is 2.77. The predicted molar refractivity (Wildman–Crippen MR) is 139 cm³/mol. The smallest absolute Gasteiger partial charge is 0.273 e. The molecule has 0 fully saturated rings. The second-order valence-electron chi connectivity index (χ2n) is 7.82. The van der Waals surface area contributed by atoms with Gasteiger partial charge in [-0.15, -0.1) is 22.7 Å². The third-order valence-corrected chi connectivity index (χ3v) is 9.76. The van der Waals surface area contributed by atoms with Gasteiger partial charge in [-0.25, -0.2) is 13.4 Å². The van der Waals surface area contributed by atoms with E-state index in [0.717, 1.165) is 32.2 Å². The predicted octanol–water partition coefficient (Wildman–Crippen LogP) is 5.42. The van der Waals surface area contributed by atoms with Crippen LogP contribution >= 0.6 is 22.7 Å². The van der Waals surface area contributed by atoms with Crippen molar-refractivity contribution in [2.75, 3.05) is 11.4 Å². The summed E-state index contributed by atoms with van der Waals surface area (Å²) in [5.41, 5.74) is 3.22. The van der Waals surface area contributed by atoms with E-state index in [0.29, 0.717) is 16.4 Å². The zero-order valence-corrected chi connectivity index (χ0v) is 21.0. The number of H-pyrrole nitrogens is 1. The number of nitrogens with one attached hydrogen (secondary N) is 2. The zero-order chi connectivity index (χ0) is 23.7. The lowest BCUT2D eigenvalue weighted by Gasteiger charge is -2.19. The molecule has 0 aliphatic carbocycles. The van der Waals surface area contributed by atoms with Crippen LogP contribution in [-0.2, 0) is 16.6 Å². The maximum absolute atomic E-state index is 13.0. The van der Waals surface area contributed by atoms with Crippen LogP contribution < -0.4 is 9.62 Å². The van der Waals surface area contributed by atoms with Crippen molar-refractivity contribution in [2.24, 2.45) is 0 Å². The van der Waals surface area contributed by atoms with Gasteiger partial charge < -0.3 is 10.3 Å². The van der Waals surface area contributed by atoms with Crippen LogP contribution in [0.2, 0.25) is 0 Å². The van der Waals surface area contributed by atoms with Crippen molar-refractivity contribution in [3.05, 3.63) is 82.9 Å². The Morgan fingerprint density at radius 2 is 2.00 bits per heavy atom. The number of para-hydroxylation sites is 1. The van der Waals surface area contributed by atoms with Crippen molar-refractivity contribution in [3.8, 4) is 10.7 Å². The van der Waals surface area contributed by atoms with Gasteiger partial charge in [-0.3, -0.25) is 9.29 Å². The number of thiophene rings is 1. The minimum absolute atomic E-state index is 0.128. The minimum atomic E-state index is -3.62. The van der Waals surface area contributed by atoms with E-state index in [1.54, 1.807) is 42.1 Å². The zero-order valence-electron chi connectivity index (χ0n) is 18.6. The van der Waals surface area contributed by atoms with Crippen LogP contribution in [0.1, 0.15) is 23.5 Å². The number of aromatic amines is 1. The Balaban J connectivity index is 1.38. The van der Waals surface area contributed by atoms with Crippen molar-refractivity contribution in [2.45, 2.75) is 23.7 Å². The highest BCUT2D eigenvalue weighted by atomic mass is 32.2. The van der Waals surface area contributed by atoms with Crippen LogP contribution in [0.15, 0.2) is 76.6 Å². The number of pyridine rings is 1. The lowest BCUT2D eigenvalue weighted by Crippen LogP contribution is -2.26. The highest BCUT2D eigenvalue weighted by Gasteiger charge is 2.24. The Labute approximate surface area is 206 Å². The van der Waals surface area contributed by atoms with Gasteiger partial charge in [-0.05, 0) is 42.6 Å². The first-order valence-corrected chi connectivity index (χ1v) is 13.8. The summed E-state index contributed by atoms with van der Waals surface area (Å²) < 4.78 is 27.7. The Morgan fingerprint density at radius 1 is 1.12 bits per heavy atom. The summed E-state index contributed by atoms with van der Waals surface area (Å²) in [7, 11) is -2.04. The van der Waals surface area contributed by atoms with Gasteiger partial charge in [0.25, 0.3) is 10.0 Å². The average Bonchev–Trinajstić information content (AvgIpc) is 3.62. The third-order valence-electron chi connectivity index (χ3n) is 5.58. The average molecular weight is 510 g/mol. The summed E-state index contributed by atoms with van der Waals surface area (Å²) in [6.07, 6.45) is 3.67. The number of thiazole rings is 1. The largest absolute Gasteiger partial charge is 0.351 e. The molecular weight excluding hydrogens is 486 g/mol. The lowest BCUT2D eigenvalue weighted by atomic mass is 10.2. The normalized spacial score (nSPS) is 12.8. The number of sulfonamides is 1. The molecule has 0 saturated heterocycles. The number of rotatable bonds is 8. The van der Waals surface area contributed by atoms with E-state index < -0.39 is 10.0 Å².